The molecule has 1 aliphatic heterocycles. The number of hydrogen-bond acceptors (Lipinski definition) is 3. The molecular weight excluding hydrogens is 256 g/mol. The molecule has 6 heteroatoms. The van der Waals surface area contributed by atoms with Crippen LogP contribution in [0, 0.1) is 0 Å². The molecule has 1 saturated heterocycles. The van der Waals surface area contributed by atoms with E-state index in [1.165, 1.54) is 0 Å². The normalized spacial score (nSPS) is 15.6. The molecule has 1 N–H and O–H groups in total. The van der Waals surface area contributed by atoms with Crippen molar-refractivity contribution in [3.05, 3.63) is 24.3 Å². The summed E-state index contributed by atoms with van der Waals surface area (Å²) >= 11 is 5.42. The quantitative estimate of drug-likeness (QED) is 0.839. The Morgan fingerprint density at radius 1 is 1.50 bits per heavy atom. The summed E-state index contributed by atoms with van der Waals surface area (Å²) in [6.07, 6.45) is 0. The second-order valence-electron chi connectivity index (χ2n) is 3.83. The van der Waals surface area contributed by atoms with Gasteiger partial charge >= 0.3 is 0 Å². The molecule has 18 heavy (non-hydrogen) atoms. The number of ether oxygens (including phenoxy) is 1. The van der Waals surface area contributed by atoms with Gasteiger partial charge in [-0.05, 0) is 18.2 Å². The van der Waals surface area contributed by atoms with Gasteiger partial charge in [-0.1, -0.05) is 6.07 Å². The third kappa shape index (κ3) is 3.00. The highest BCUT2D eigenvalue weighted by Crippen LogP contribution is 2.21. The maximum Gasteiger partial charge on any atom is 0.253 e. The zero-order chi connectivity index (χ0) is 13.0. The molecule has 1 aliphatic rings. The zero-order valence-electron chi connectivity index (χ0n) is 9.69. The van der Waals surface area contributed by atoms with E-state index < -0.39 is 0 Å². The summed E-state index contributed by atoms with van der Waals surface area (Å²) in [7, 11) is 0. The SMILES string of the molecule is O=C(CCl)Nc1cccc(N2CCOCC2=O)c1. The fourth-order valence-electron chi connectivity index (χ4n) is 1.74. The van der Waals surface area contributed by atoms with Gasteiger partial charge in [0.1, 0.15) is 12.5 Å². The molecule has 0 saturated carbocycles. The molecule has 1 fully saturated rings. The van der Waals surface area contributed by atoms with Crippen LogP contribution in [0.2, 0.25) is 0 Å². The lowest BCUT2D eigenvalue weighted by Gasteiger charge is -2.27. The number of halogens is 1. The van der Waals surface area contributed by atoms with E-state index in [1.807, 2.05) is 6.07 Å². The molecule has 0 bridgehead atoms. The lowest BCUT2D eigenvalue weighted by atomic mass is 10.2. The first-order valence-corrected chi connectivity index (χ1v) is 6.08. The van der Waals surface area contributed by atoms with Crippen molar-refractivity contribution in [3.8, 4) is 0 Å². The minimum Gasteiger partial charge on any atom is -0.370 e. The van der Waals surface area contributed by atoms with Crippen LogP contribution in [0.25, 0.3) is 0 Å². The summed E-state index contributed by atoms with van der Waals surface area (Å²) in [5.74, 6) is -0.454. The van der Waals surface area contributed by atoms with Crippen LogP contribution in [0.1, 0.15) is 0 Å². The van der Waals surface area contributed by atoms with E-state index in [9.17, 15) is 9.59 Å². The average molecular weight is 269 g/mol. The third-order valence-electron chi connectivity index (χ3n) is 2.55. The zero-order valence-corrected chi connectivity index (χ0v) is 10.4. The first-order chi connectivity index (χ1) is 8.70. The van der Waals surface area contributed by atoms with Crippen molar-refractivity contribution in [2.24, 2.45) is 0 Å². The largest absolute Gasteiger partial charge is 0.370 e. The van der Waals surface area contributed by atoms with Gasteiger partial charge in [0.25, 0.3) is 5.91 Å². The fraction of sp³-hybridized carbons (Fsp3) is 0.333. The van der Waals surface area contributed by atoms with E-state index in [0.717, 1.165) is 5.69 Å². The highest BCUT2D eigenvalue weighted by atomic mass is 35.5. The van der Waals surface area contributed by atoms with Crippen LogP contribution in [-0.4, -0.2) is 37.5 Å². The number of hydrogen-bond donors (Lipinski definition) is 1. The summed E-state index contributed by atoms with van der Waals surface area (Å²) in [6.45, 7) is 1.13. The van der Waals surface area contributed by atoms with Gasteiger partial charge < -0.3 is 15.0 Å². The first kappa shape index (κ1) is 12.9. The smallest absolute Gasteiger partial charge is 0.253 e. The lowest BCUT2D eigenvalue weighted by molar-refractivity contribution is -0.125. The first-order valence-electron chi connectivity index (χ1n) is 5.54. The van der Waals surface area contributed by atoms with Gasteiger partial charge in [0.15, 0.2) is 0 Å². The van der Waals surface area contributed by atoms with Crippen molar-refractivity contribution >= 4 is 34.8 Å². The van der Waals surface area contributed by atoms with Gasteiger partial charge in [0, 0.05) is 17.9 Å². The predicted molar refractivity (Wildman–Crippen MR) is 69.0 cm³/mol. The van der Waals surface area contributed by atoms with Gasteiger partial charge in [0.05, 0.1) is 6.61 Å². The molecular formula is C12H13ClN2O3. The summed E-state index contributed by atoms with van der Waals surface area (Å²) < 4.78 is 5.07. The van der Waals surface area contributed by atoms with Crippen LogP contribution in [0.15, 0.2) is 24.3 Å². The maximum atomic E-state index is 11.7. The molecule has 0 aliphatic carbocycles. The number of nitrogens with one attached hydrogen (secondary N) is 1. The van der Waals surface area contributed by atoms with E-state index >= 15 is 0 Å². The highest BCUT2D eigenvalue weighted by Gasteiger charge is 2.20. The van der Waals surface area contributed by atoms with Crippen molar-refractivity contribution in [3.63, 3.8) is 0 Å². The maximum absolute atomic E-state index is 11.7. The van der Waals surface area contributed by atoms with Gasteiger partial charge in [0.2, 0.25) is 5.91 Å². The molecule has 2 rings (SSSR count). The monoisotopic (exact) mass is 268 g/mol. The molecule has 0 atom stereocenters. The lowest BCUT2D eigenvalue weighted by Crippen LogP contribution is -2.41. The number of amides is 2. The Morgan fingerprint density at radius 2 is 2.33 bits per heavy atom. The molecule has 1 heterocycles. The molecule has 5 nitrogen and oxygen atoms in total. The Morgan fingerprint density at radius 3 is 3.06 bits per heavy atom. The minimum atomic E-state index is -0.276. The fourth-order valence-corrected chi connectivity index (χ4v) is 1.80. The second-order valence-corrected chi connectivity index (χ2v) is 4.10. The molecule has 0 spiro atoms. The highest BCUT2D eigenvalue weighted by molar-refractivity contribution is 6.29. The number of benzene rings is 1. The Hall–Kier alpha value is -1.59. The Labute approximate surface area is 110 Å². The average Bonchev–Trinajstić information content (AvgIpc) is 2.39. The van der Waals surface area contributed by atoms with Crippen molar-refractivity contribution in [1.82, 2.24) is 0 Å². The molecule has 1 aromatic rings. The molecule has 1 aromatic carbocycles. The van der Waals surface area contributed by atoms with Gasteiger partial charge in [-0.2, -0.15) is 0 Å². The minimum absolute atomic E-state index is 0.0814. The van der Waals surface area contributed by atoms with Crippen LogP contribution in [-0.2, 0) is 14.3 Å². The summed E-state index contributed by atoms with van der Waals surface area (Å²) in [5, 5.41) is 2.65. The molecule has 0 aromatic heterocycles. The topological polar surface area (TPSA) is 58.6 Å². The van der Waals surface area contributed by atoms with Crippen LogP contribution in [0.3, 0.4) is 0 Å². The summed E-state index contributed by atoms with van der Waals surface area (Å²) in [5.41, 5.74) is 1.37. The number of anilines is 2. The molecule has 0 radical (unpaired) electrons. The summed E-state index contributed by atoms with van der Waals surface area (Å²) in [4.78, 5) is 24.5. The van der Waals surface area contributed by atoms with Gasteiger partial charge in [-0.3, -0.25) is 9.59 Å². The number of carbonyl (C=O) groups is 2. The van der Waals surface area contributed by atoms with Crippen molar-refractivity contribution in [2.45, 2.75) is 0 Å². The van der Waals surface area contributed by atoms with Crippen LogP contribution in [0.4, 0.5) is 11.4 Å². The van der Waals surface area contributed by atoms with Crippen molar-refractivity contribution in [1.29, 1.82) is 0 Å². The predicted octanol–water partition coefficient (Wildman–Crippen LogP) is 1.23. The molecule has 0 unspecified atom stereocenters. The number of carbonyl (C=O) groups excluding carboxylic acids is 2. The van der Waals surface area contributed by atoms with E-state index in [-0.39, 0.29) is 24.3 Å². The van der Waals surface area contributed by atoms with Crippen LogP contribution >= 0.6 is 11.6 Å². The van der Waals surface area contributed by atoms with E-state index in [4.69, 9.17) is 16.3 Å². The standard InChI is InChI=1S/C12H13ClN2O3/c13-7-11(16)14-9-2-1-3-10(6-9)15-4-5-18-8-12(15)17/h1-3,6H,4-5,7-8H2,(H,14,16). The van der Waals surface area contributed by atoms with Crippen molar-refractivity contribution < 1.29 is 14.3 Å². The Bertz CT molecular complexity index is 464. The van der Waals surface area contributed by atoms with E-state index in [1.54, 1.807) is 23.1 Å². The van der Waals surface area contributed by atoms with E-state index in [0.29, 0.717) is 18.8 Å². The molecule has 96 valence electrons. The Balaban J connectivity index is 2.15. The number of alkyl halides is 1. The third-order valence-corrected chi connectivity index (χ3v) is 2.79. The van der Waals surface area contributed by atoms with Crippen LogP contribution in [0.5, 0.6) is 0 Å². The number of morpholine rings is 1. The van der Waals surface area contributed by atoms with Crippen molar-refractivity contribution in [2.75, 3.05) is 35.9 Å². The van der Waals surface area contributed by atoms with Crippen LogP contribution < -0.4 is 10.2 Å². The second kappa shape index (κ2) is 5.84. The summed E-state index contributed by atoms with van der Waals surface area (Å²) in [6, 6.07) is 7.09. The van der Waals surface area contributed by atoms with Gasteiger partial charge in [-0.25, -0.2) is 0 Å². The molecule has 2 amide bonds. The number of nitrogens with zero attached hydrogens (tertiary/aromatic N) is 1. The van der Waals surface area contributed by atoms with E-state index in [2.05, 4.69) is 5.32 Å². The van der Waals surface area contributed by atoms with Gasteiger partial charge in [-0.15, -0.1) is 11.6 Å². The number of rotatable bonds is 3. The Kier molecular flexibility index (Phi) is 4.17.